The number of ether oxygens (including phenoxy) is 1. The molecule has 0 saturated carbocycles. The minimum absolute atomic E-state index is 0.142. The van der Waals surface area contributed by atoms with Gasteiger partial charge < -0.3 is 14.5 Å². The molecule has 0 spiro atoms. The van der Waals surface area contributed by atoms with Crippen molar-refractivity contribution in [2.24, 2.45) is 0 Å². The Balaban J connectivity index is 1.83. The first kappa shape index (κ1) is 17.5. The van der Waals surface area contributed by atoms with E-state index in [1.165, 1.54) is 0 Å². The molecular formula is C22H21NO3. The molecule has 0 aliphatic rings. The van der Waals surface area contributed by atoms with Crippen molar-refractivity contribution in [2.45, 2.75) is 13.0 Å². The van der Waals surface area contributed by atoms with E-state index in [0.717, 1.165) is 16.9 Å². The van der Waals surface area contributed by atoms with Gasteiger partial charge in [0.25, 0.3) is 5.91 Å². The molecule has 3 aromatic rings. The van der Waals surface area contributed by atoms with Crippen LogP contribution in [0.4, 0.5) is 0 Å². The minimum atomic E-state index is -0.157. The molecule has 2 aromatic carbocycles. The largest absolute Gasteiger partial charge is 0.497 e. The molecular weight excluding hydrogens is 326 g/mol. The van der Waals surface area contributed by atoms with E-state index in [1.807, 2.05) is 67.6 Å². The van der Waals surface area contributed by atoms with Crippen molar-refractivity contribution in [1.29, 1.82) is 0 Å². The van der Waals surface area contributed by atoms with Gasteiger partial charge in [0.15, 0.2) is 0 Å². The lowest BCUT2D eigenvalue weighted by Gasteiger charge is -2.16. The van der Waals surface area contributed by atoms with Crippen LogP contribution in [-0.2, 0) is 4.79 Å². The molecule has 1 heterocycles. The number of hydrogen-bond donors (Lipinski definition) is 1. The maximum Gasteiger partial charge on any atom is 0.252 e. The van der Waals surface area contributed by atoms with Crippen LogP contribution in [0.3, 0.4) is 0 Å². The average Bonchev–Trinajstić information content (AvgIpc) is 3.20. The maximum atomic E-state index is 12.9. The molecule has 3 rings (SSSR count). The molecule has 0 aliphatic heterocycles. The fraction of sp³-hybridized carbons (Fsp3) is 0.136. The Bertz CT molecular complexity index is 866. The van der Waals surface area contributed by atoms with Crippen molar-refractivity contribution in [3.05, 3.63) is 89.9 Å². The monoisotopic (exact) mass is 347 g/mol. The lowest BCUT2D eigenvalue weighted by atomic mass is 10.0. The van der Waals surface area contributed by atoms with Crippen LogP contribution in [-0.4, -0.2) is 13.0 Å². The van der Waals surface area contributed by atoms with Gasteiger partial charge in [0, 0.05) is 0 Å². The smallest absolute Gasteiger partial charge is 0.252 e. The summed E-state index contributed by atoms with van der Waals surface area (Å²) in [6, 6.07) is 20.7. The first-order valence-electron chi connectivity index (χ1n) is 8.43. The molecule has 1 amide bonds. The number of rotatable bonds is 6. The summed E-state index contributed by atoms with van der Waals surface area (Å²) in [5, 5.41) is 3.05. The van der Waals surface area contributed by atoms with Crippen molar-refractivity contribution >= 4 is 17.6 Å². The van der Waals surface area contributed by atoms with Gasteiger partial charge in [-0.05, 0) is 48.4 Å². The molecule has 0 radical (unpaired) electrons. The van der Waals surface area contributed by atoms with Crippen LogP contribution in [0, 0.1) is 0 Å². The summed E-state index contributed by atoms with van der Waals surface area (Å²) in [5.41, 5.74) is 2.40. The second-order valence-corrected chi connectivity index (χ2v) is 5.91. The average molecular weight is 347 g/mol. The highest BCUT2D eigenvalue weighted by Crippen LogP contribution is 2.22. The molecule has 132 valence electrons. The molecule has 4 heteroatoms. The van der Waals surface area contributed by atoms with Crippen LogP contribution >= 0.6 is 0 Å². The van der Waals surface area contributed by atoms with E-state index in [-0.39, 0.29) is 11.9 Å². The quantitative estimate of drug-likeness (QED) is 0.657. The number of nitrogens with one attached hydrogen (secondary N) is 1. The molecule has 1 aromatic heterocycles. The fourth-order valence-electron chi connectivity index (χ4n) is 2.66. The number of methoxy groups -OCH3 is 1. The summed E-state index contributed by atoms with van der Waals surface area (Å²) in [5.74, 6) is 1.27. The summed E-state index contributed by atoms with van der Waals surface area (Å²) in [7, 11) is 1.63. The summed E-state index contributed by atoms with van der Waals surface area (Å²) in [6.45, 7) is 1.95. The van der Waals surface area contributed by atoms with Crippen LogP contribution in [0.15, 0.2) is 77.4 Å². The molecule has 1 atom stereocenters. The van der Waals surface area contributed by atoms with Gasteiger partial charge in [-0.1, -0.05) is 42.5 Å². The molecule has 26 heavy (non-hydrogen) atoms. The zero-order chi connectivity index (χ0) is 18.4. The van der Waals surface area contributed by atoms with Gasteiger partial charge in [-0.2, -0.15) is 0 Å². The van der Waals surface area contributed by atoms with Gasteiger partial charge in [-0.3, -0.25) is 4.79 Å². The Morgan fingerprint density at radius 2 is 1.77 bits per heavy atom. The van der Waals surface area contributed by atoms with Crippen LogP contribution < -0.4 is 10.1 Å². The molecule has 1 N–H and O–H groups in total. The Kier molecular flexibility index (Phi) is 5.54. The summed E-state index contributed by atoms with van der Waals surface area (Å²) in [4.78, 5) is 12.9. The summed E-state index contributed by atoms with van der Waals surface area (Å²) in [6.07, 6.45) is 3.34. The van der Waals surface area contributed by atoms with Gasteiger partial charge >= 0.3 is 0 Å². The van der Waals surface area contributed by atoms with Crippen molar-refractivity contribution in [3.8, 4) is 5.75 Å². The van der Waals surface area contributed by atoms with E-state index in [2.05, 4.69) is 5.32 Å². The fourth-order valence-corrected chi connectivity index (χ4v) is 2.66. The van der Waals surface area contributed by atoms with Crippen LogP contribution in [0.25, 0.3) is 11.6 Å². The van der Waals surface area contributed by atoms with Gasteiger partial charge in [-0.25, -0.2) is 0 Å². The molecule has 0 aliphatic carbocycles. The van der Waals surface area contributed by atoms with E-state index in [9.17, 15) is 4.79 Å². The van der Waals surface area contributed by atoms with Gasteiger partial charge in [0.2, 0.25) is 0 Å². The predicted molar refractivity (Wildman–Crippen MR) is 103 cm³/mol. The van der Waals surface area contributed by atoms with Crippen LogP contribution in [0.2, 0.25) is 0 Å². The number of hydrogen-bond acceptors (Lipinski definition) is 3. The third-order valence-electron chi connectivity index (χ3n) is 4.12. The van der Waals surface area contributed by atoms with Crippen LogP contribution in [0.1, 0.15) is 29.9 Å². The van der Waals surface area contributed by atoms with Gasteiger partial charge in [0.05, 0.1) is 25.0 Å². The highest BCUT2D eigenvalue weighted by atomic mass is 16.5. The maximum absolute atomic E-state index is 12.9. The third kappa shape index (κ3) is 4.22. The number of amides is 1. The van der Waals surface area contributed by atoms with Crippen molar-refractivity contribution < 1.29 is 13.9 Å². The van der Waals surface area contributed by atoms with Gasteiger partial charge in [-0.15, -0.1) is 0 Å². The predicted octanol–water partition coefficient (Wildman–Crippen LogP) is 4.71. The molecule has 4 nitrogen and oxygen atoms in total. The topological polar surface area (TPSA) is 51.5 Å². The molecule has 0 saturated heterocycles. The lowest BCUT2D eigenvalue weighted by molar-refractivity contribution is -0.116. The highest BCUT2D eigenvalue weighted by Gasteiger charge is 2.16. The van der Waals surface area contributed by atoms with E-state index >= 15 is 0 Å². The second kappa shape index (κ2) is 8.21. The zero-order valence-corrected chi connectivity index (χ0v) is 14.8. The zero-order valence-electron chi connectivity index (χ0n) is 14.8. The van der Waals surface area contributed by atoms with E-state index in [4.69, 9.17) is 9.15 Å². The Morgan fingerprint density at radius 3 is 2.38 bits per heavy atom. The van der Waals surface area contributed by atoms with Crippen molar-refractivity contribution in [1.82, 2.24) is 5.32 Å². The highest BCUT2D eigenvalue weighted by molar-refractivity contribution is 6.24. The van der Waals surface area contributed by atoms with Crippen molar-refractivity contribution in [3.63, 3.8) is 0 Å². The Labute approximate surface area is 153 Å². The van der Waals surface area contributed by atoms with Crippen molar-refractivity contribution in [2.75, 3.05) is 7.11 Å². The van der Waals surface area contributed by atoms with E-state index in [1.54, 1.807) is 25.5 Å². The number of furan rings is 1. The standard InChI is InChI=1S/C22H21NO3/c1-16(17-10-12-19(25-2)13-11-17)23-22(24)21(15-20-9-6-14-26-20)18-7-4-3-5-8-18/h3-16H,1-2H3,(H,23,24)/b21-15+. The normalized spacial score (nSPS) is 12.5. The molecule has 1 unspecified atom stereocenters. The van der Waals surface area contributed by atoms with E-state index in [0.29, 0.717) is 11.3 Å². The summed E-state index contributed by atoms with van der Waals surface area (Å²) >= 11 is 0. The van der Waals surface area contributed by atoms with Gasteiger partial charge in [0.1, 0.15) is 11.5 Å². The summed E-state index contributed by atoms with van der Waals surface area (Å²) < 4.78 is 10.6. The first-order chi connectivity index (χ1) is 12.7. The van der Waals surface area contributed by atoms with E-state index < -0.39 is 0 Å². The number of carbonyl (C=O) groups is 1. The number of benzene rings is 2. The van der Waals surface area contributed by atoms with Crippen LogP contribution in [0.5, 0.6) is 5.75 Å². The Hall–Kier alpha value is -3.27. The lowest BCUT2D eigenvalue weighted by Crippen LogP contribution is -2.27. The SMILES string of the molecule is COc1ccc(C(C)NC(=O)/C(=C/c2ccco2)c2ccccc2)cc1. The minimum Gasteiger partial charge on any atom is -0.497 e. The third-order valence-corrected chi connectivity index (χ3v) is 4.12. The first-order valence-corrected chi connectivity index (χ1v) is 8.43. The number of carbonyl (C=O) groups excluding carboxylic acids is 1. The molecule has 0 bridgehead atoms. The molecule has 0 fully saturated rings. The second-order valence-electron chi connectivity index (χ2n) is 5.91. The Morgan fingerprint density at radius 1 is 1.04 bits per heavy atom.